The molecule has 1 aromatic carbocycles. The molecule has 2 aromatic rings. The second-order valence-corrected chi connectivity index (χ2v) is 4.18. The number of H-pyrrole nitrogens is 1. The lowest BCUT2D eigenvalue weighted by Crippen LogP contribution is -1.88. The summed E-state index contributed by atoms with van der Waals surface area (Å²) in [6, 6.07) is 5.11. The van der Waals surface area contributed by atoms with Gasteiger partial charge in [-0.3, -0.25) is 9.65 Å². The highest BCUT2D eigenvalue weighted by atomic mass is 32.2. The molecule has 0 saturated carbocycles. The number of hydrogen-bond acceptors (Lipinski definition) is 5. The number of nitrogens with one attached hydrogen (secondary N) is 1. The molecule has 0 bridgehead atoms. The van der Waals surface area contributed by atoms with E-state index in [0.717, 1.165) is 5.52 Å². The zero-order chi connectivity index (χ0) is 11.5. The highest BCUT2D eigenvalue weighted by molar-refractivity contribution is 7.85. The van der Waals surface area contributed by atoms with Crippen LogP contribution in [0.1, 0.15) is 0 Å². The van der Waals surface area contributed by atoms with Crippen molar-refractivity contribution in [1.29, 1.82) is 0 Å². The van der Waals surface area contributed by atoms with E-state index in [0.29, 0.717) is 11.8 Å². The van der Waals surface area contributed by atoms with E-state index in [1.165, 1.54) is 0 Å². The Balaban J connectivity index is 0.000000195. The lowest BCUT2D eigenvalue weighted by molar-refractivity contribution is 0.480. The van der Waals surface area contributed by atoms with Crippen molar-refractivity contribution in [3.05, 3.63) is 18.2 Å². The smallest absolute Gasteiger partial charge is 0.261 e. The Morgan fingerprint density at radius 2 is 2.00 bits per heavy atom. The number of fused-ring (bicyclic) bond motifs is 1. The first-order valence-electron chi connectivity index (χ1n) is 3.79. The first-order valence-corrected chi connectivity index (χ1v) is 5.64. The fraction of sp³-hybridized carbons (Fsp3) is 0.143. The first kappa shape index (κ1) is 11.4. The summed E-state index contributed by atoms with van der Waals surface area (Å²) in [7, 11) is -3.67. The Morgan fingerprint density at radius 3 is 2.53 bits per heavy atom. The number of rotatable bonds is 0. The lowest BCUT2D eigenvalue weighted by atomic mass is 10.3. The standard InChI is InChI=1S/C6H5N3O.CH4O3S/c10-5-3-1-2-4-6(5)8-9-7-4;1-5(2,3)4/h1-3,10H,(H,7,8,9);1H3,(H,2,3,4). The van der Waals surface area contributed by atoms with E-state index in [1.807, 2.05) is 0 Å². The molecule has 0 aliphatic heterocycles. The summed E-state index contributed by atoms with van der Waals surface area (Å²) in [6.07, 6.45) is 0.715. The van der Waals surface area contributed by atoms with Crippen LogP contribution in [-0.2, 0) is 10.1 Å². The van der Waals surface area contributed by atoms with Crippen molar-refractivity contribution in [2.45, 2.75) is 0 Å². The molecule has 0 aliphatic rings. The molecule has 8 heteroatoms. The van der Waals surface area contributed by atoms with Crippen molar-refractivity contribution in [3.8, 4) is 5.75 Å². The monoisotopic (exact) mass is 231 g/mol. The molecule has 1 aromatic heterocycles. The molecule has 0 saturated heterocycles. The number of benzene rings is 1. The summed E-state index contributed by atoms with van der Waals surface area (Å²) >= 11 is 0. The Morgan fingerprint density at radius 1 is 1.40 bits per heavy atom. The molecule has 1 heterocycles. The third-order valence-electron chi connectivity index (χ3n) is 1.34. The van der Waals surface area contributed by atoms with Gasteiger partial charge in [-0.15, -0.1) is 5.10 Å². The van der Waals surface area contributed by atoms with Crippen LogP contribution in [0.5, 0.6) is 5.75 Å². The molecule has 15 heavy (non-hydrogen) atoms. The fourth-order valence-electron chi connectivity index (χ4n) is 0.856. The van der Waals surface area contributed by atoms with Crippen LogP contribution in [0.25, 0.3) is 11.0 Å². The van der Waals surface area contributed by atoms with Gasteiger partial charge in [0, 0.05) is 0 Å². The zero-order valence-corrected chi connectivity index (χ0v) is 8.56. The maximum atomic E-state index is 9.19. The average molecular weight is 231 g/mol. The van der Waals surface area contributed by atoms with Gasteiger partial charge in [-0.25, -0.2) is 0 Å². The second kappa shape index (κ2) is 4.24. The quantitative estimate of drug-likeness (QED) is 0.556. The topological polar surface area (TPSA) is 116 Å². The number of hydrogen-bond donors (Lipinski definition) is 3. The first-order chi connectivity index (χ1) is 6.88. The van der Waals surface area contributed by atoms with Crippen LogP contribution in [0.3, 0.4) is 0 Å². The molecule has 2 rings (SSSR count). The number of aromatic amines is 1. The van der Waals surface area contributed by atoms with Crippen LogP contribution in [-0.4, -0.2) is 39.7 Å². The molecule has 82 valence electrons. The third kappa shape index (κ3) is 3.92. The molecule has 0 atom stereocenters. The molecular weight excluding hydrogens is 222 g/mol. The molecule has 7 nitrogen and oxygen atoms in total. The van der Waals surface area contributed by atoms with Crippen molar-refractivity contribution in [2.24, 2.45) is 0 Å². The highest BCUT2D eigenvalue weighted by Gasteiger charge is 1.99. The van der Waals surface area contributed by atoms with Crippen molar-refractivity contribution < 1.29 is 18.1 Å². The van der Waals surface area contributed by atoms with Crippen molar-refractivity contribution in [2.75, 3.05) is 6.26 Å². The Kier molecular flexibility index (Phi) is 3.22. The van der Waals surface area contributed by atoms with Crippen LogP contribution in [0.2, 0.25) is 0 Å². The summed E-state index contributed by atoms with van der Waals surface area (Å²) < 4.78 is 25.9. The predicted molar refractivity (Wildman–Crippen MR) is 53.0 cm³/mol. The summed E-state index contributed by atoms with van der Waals surface area (Å²) in [4.78, 5) is 0. The van der Waals surface area contributed by atoms with Gasteiger partial charge in [0.2, 0.25) is 0 Å². The highest BCUT2D eigenvalue weighted by Crippen LogP contribution is 2.18. The molecule has 0 aliphatic carbocycles. The minimum absolute atomic E-state index is 0.159. The number of phenolic OH excluding ortho intramolecular Hbond substituents is 1. The van der Waals surface area contributed by atoms with Gasteiger partial charge in [-0.05, 0) is 12.1 Å². The maximum absolute atomic E-state index is 9.19. The van der Waals surface area contributed by atoms with E-state index in [2.05, 4.69) is 15.4 Å². The number of aromatic hydroxyl groups is 1. The second-order valence-electron chi connectivity index (χ2n) is 2.72. The largest absolute Gasteiger partial charge is 0.506 e. The van der Waals surface area contributed by atoms with Crippen molar-refractivity contribution in [1.82, 2.24) is 15.4 Å². The summed E-state index contributed by atoms with van der Waals surface area (Å²) in [6.45, 7) is 0. The minimum Gasteiger partial charge on any atom is -0.506 e. The van der Waals surface area contributed by atoms with E-state index >= 15 is 0 Å². The van der Waals surface area contributed by atoms with Gasteiger partial charge in [-0.2, -0.15) is 8.42 Å². The van der Waals surface area contributed by atoms with E-state index in [1.54, 1.807) is 18.2 Å². The Hall–Kier alpha value is -1.67. The maximum Gasteiger partial charge on any atom is 0.261 e. The fourth-order valence-corrected chi connectivity index (χ4v) is 0.856. The molecule has 3 N–H and O–H groups in total. The van der Waals surface area contributed by atoms with Crippen LogP contribution >= 0.6 is 0 Å². The molecule has 0 unspecified atom stereocenters. The lowest BCUT2D eigenvalue weighted by Gasteiger charge is -1.87. The van der Waals surface area contributed by atoms with Gasteiger partial charge < -0.3 is 5.11 Å². The molecule has 0 amide bonds. The van der Waals surface area contributed by atoms with Crippen molar-refractivity contribution >= 4 is 21.2 Å². The van der Waals surface area contributed by atoms with Gasteiger partial charge in [-0.1, -0.05) is 11.3 Å². The Labute approximate surface area is 85.5 Å². The van der Waals surface area contributed by atoms with Crippen LogP contribution < -0.4 is 0 Å². The van der Waals surface area contributed by atoms with Gasteiger partial charge in [0.25, 0.3) is 10.1 Å². The summed E-state index contributed by atoms with van der Waals surface area (Å²) in [5, 5.41) is 19.0. The third-order valence-corrected chi connectivity index (χ3v) is 1.34. The number of aromatic nitrogens is 3. The van der Waals surface area contributed by atoms with E-state index in [-0.39, 0.29) is 5.75 Å². The number of phenols is 1. The SMILES string of the molecule is CS(=O)(=O)O.Oc1cccc2[nH]nnc12. The van der Waals surface area contributed by atoms with Crippen LogP contribution in [0.4, 0.5) is 0 Å². The number of nitrogens with zero attached hydrogens (tertiary/aromatic N) is 2. The van der Waals surface area contributed by atoms with Gasteiger partial charge in [0.05, 0.1) is 11.8 Å². The Bertz CT molecular complexity index is 540. The van der Waals surface area contributed by atoms with Gasteiger partial charge >= 0.3 is 0 Å². The van der Waals surface area contributed by atoms with E-state index in [9.17, 15) is 8.42 Å². The predicted octanol–water partition coefficient (Wildman–Crippen LogP) is 0.168. The normalized spacial score (nSPS) is 10.8. The summed E-state index contributed by atoms with van der Waals surface area (Å²) in [5.41, 5.74) is 1.27. The molecule has 0 spiro atoms. The molecule has 0 radical (unpaired) electrons. The van der Waals surface area contributed by atoms with Crippen molar-refractivity contribution in [3.63, 3.8) is 0 Å². The summed E-state index contributed by atoms with van der Waals surface area (Å²) in [5.74, 6) is 0.159. The average Bonchev–Trinajstić information content (AvgIpc) is 2.49. The van der Waals surface area contributed by atoms with Crippen LogP contribution in [0, 0.1) is 0 Å². The molecule has 0 fully saturated rings. The zero-order valence-electron chi connectivity index (χ0n) is 7.75. The van der Waals surface area contributed by atoms with Gasteiger partial charge in [0.15, 0.2) is 5.52 Å². The van der Waals surface area contributed by atoms with Crippen LogP contribution in [0.15, 0.2) is 18.2 Å². The minimum atomic E-state index is -3.67. The van der Waals surface area contributed by atoms with E-state index < -0.39 is 10.1 Å². The van der Waals surface area contributed by atoms with Gasteiger partial charge in [0.1, 0.15) is 5.75 Å². The van der Waals surface area contributed by atoms with E-state index in [4.69, 9.17) is 9.66 Å². The molecular formula is C7H9N3O4S.